The van der Waals surface area contributed by atoms with Crippen molar-refractivity contribution in [2.45, 2.75) is 12.5 Å². The van der Waals surface area contributed by atoms with E-state index in [1.165, 1.54) is 12.0 Å². The minimum atomic E-state index is -0.851. The molecule has 2 aromatic rings. The van der Waals surface area contributed by atoms with Crippen molar-refractivity contribution < 1.29 is 23.9 Å². The second-order valence-electron chi connectivity index (χ2n) is 8.78. The third kappa shape index (κ3) is 5.88. The van der Waals surface area contributed by atoms with Gasteiger partial charge in [0, 0.05) is 39.3 Å². The van der Waals surface area contributed by atoms with Crippen molar-refractivity contribution in [2.24, 2.45) is 0 Å². The first kappa shape index (κ1) is 25.3. The predicted octanol–water partition coefficient (Wildman–Crippen LogP) is 1.18. The summed E-state index contributed by atoms with van der Waals surface area (Å²) in [6, 6.07) is 14.1. The molecule has 1 atom stereocenters. The Morgan fingerprint density at radius 3 is 2.33 bits per heavy atom. The number of methoxy groups -OCH3 is 2. The summed E-state index contributed by atoms with van der Waals surface area (Å²) >= 11 is 0. The SMILES string of the molecule is COc1ccccc1NC(=O)CC1C(=O)NCCN1C(=O)CN1CCN(c2ccccc2OC)CC1. The topological polar surface area (TPSA) is 103 Å². The molecule has 0 radical (unpaired) electrons. The highest BCUT2D eigenvalue weighted by molar-refractivity contribution is 5.98. The van der Waals surface area contributed by atoms with Gasteiger partial charge in [0.25, 0.3) is 0 Å². The third-order valence-corrected chi connectivity index (χ3v) is 6.57. The number of carbonyl (C=O) groups is 3. The smallest absolute Gasteiger partial charge is 0.243 e. The number of anilines is 2. The van der Waals surface area contributed by atoms with Gasteiger partial charge >= 0.3 is 0 Å². The lowest BCUT2D eigenvalue weighted by molar-refractivity contribution is -0.145. The monoisotopic (exact) mass is 495 g/mol. The average molecular weight is 496 g/mol. The molecule has 36 heavy (non-hydrogen) atoms. The van der Waals surface area contributed by atoms with Crippen molar-refractivity contribution in [1.82, 2.24) is 15.1 Å². The van der Waals surface area contributed by atoms with Gasteiger partial charge in [-0.05, 0) is 24.3 Å². The maximum absolute atomic E-state index is 13.2. The van der Waals surface area contributed by atoms with E-state index in [-0.39, 0.29) is 30.7 Å². The maximum Gasteiger partial charge on any atom is 0.243 e. The number of ether oxygens (including phenoxy) is 2. The van der Waals surface area contributed by atoms with Crippen LogP contribution >= 0.6 is 0 Å². The Morgan fingerprint density at radius 1 is 0.944 bits per heavy atom. The van der Waals surface area contributed by atoms with Gasteiger partial charge in [-0.1, -0.05) is 24.3 Å². The molecule has 0 aromatic heterocycles. The number of hydrogen-bond donors (Lipinski definition) is 2. The highest BCUT2D eigenvalue weighted by atomic mass is 16.5. The molecule has 4 rings (SSSR count). The Labute approximate surface area is 211 Å². The molecule has 2 aliphatic heterocycles. The summed E-state index contributed by atoms with van der Waals surface area (Å²) in [5.74, 6) is 0.538. The Hall–Kier alpha value is -3.79. The Balaban J connectivity index is 1.34. The van der Waals surface area contributed by atoms with E-state index in [4.69, 9.17) is 9.47 Å². The van der Waals surface area contributed by atoms with Crippen molar-refractivity contribution in [2.75, 3.05) is 70.2 Å². The summed E-state index contributed by atoms with van der Waals surface area (Å²) < 4.78 is 10.8. The van der Waals surface area contributed by atoms with Gasteiger partial charge in [0.1, 0.15) is 17.5 Å². The summed E-state index contributed by atoms with van der Waals surface area (Å²) in [7, 11) is 3.19. The van der Waals surface area contributed by atoms with Crippen molar-refractivity contribution in [1.29, 1.82) is 0 Å². The lowest BCUT2D eigenvalue weighted by Gasteiger charge is -2.39. The Kier molecular flexibility index (Phi) is 8.27. The summed E-state index contributed by atoms with van der Waals surface area (Å²) in [5, 5.41) is 5.57. The largest absolute Gasteiger partial charge is 0.495 e. The molecule has 0 saturated carbocycles. The molecular weight excluding hydrogens is 462 g/mol. The third-order valence-electron chi connectivity index (χ3n) is 6.57. The Bertz CT molecular complexity index is 1090. The van der Waals surface area contributed by atoms with Crippen LogP contribution in [0, 0.1) is 0 Å². The standard InChI is InChI=1S/C26H33N5O5/c1-35-22-9-5-3-7-19(22)28-24(32)17-21-26(34)27-11-12-31(21)25(33)18-29-13-15-30(16-14-29)20-8-4-6-10-23(20)36-2/h3-10,21H,11-18H2,1-2H3,(H,27,34)(H,28,32). The number of benzene rings is 2. The van der Waals surface area contributed by atoms with Crippen LogP contribution in [0.1, 0.15) is 6.42 Å². The fourth-order valence-electron chi connectivity index (χ4n) is 4.66. The molecule has 10 heteroatoms. The number of amides is 3. The molecule has 0 spiro atoms. The zero-order valence-electron chi connectivity index (χ0n) is 20.7. The second kappa shape index (κ2) is 11.8. The zero-order valence-corrected chi connectivity index (χ0v) is 20.7. The molecule has 2 heterocycles. The van der Waals surface area contributed by atoms with Crippen LogP contribution in [0.4, 0.5) is 11.4 Å². The van der Waals surface area contributed by atoms with Gasteiger partial charge in [-0.3, -0.25) is 19.3 Å². The Morgan fingerprint density at radius 2 is 1.61 bits per heavy atom. The predicted molar refractivity (Wildman–Crippen MR) is 136 cm³/mol. The number of hydrogen-bond acceptors (Lipinski definition) is 7. The molecule has 2 saturated heterocycles. The molecule has 10 nitrogen and oxygen atoms in total. The first-order chi connectivity index (χ1) is 17.5. The average Bonchev–Trinajstić information content (AvgIpc) is 2.90. The van der Waals surface area contributed by atoms with E-state index in [9.17, 15) is 14.4 Å². The van der Waals surface area contributed by atoms with Crippen LogP contribution in [-0.2, 0) is 14.4 Å². The first-order valence-corrected chi connectivity index (χ1v) is 12.1. The molecule has 192 valence electrons. The van der Waals surface area contributed by atoms with E-state index in [1.807, 2.05) is 24.3 Å². The number of para-hydroxylation sites is 4. The number of nitrogens with one attached hydrogen (secondary N) is 2. The number of piperazine rings is 2. The molecular formula is C26H33N5O5. The van der Waals surface area contributed by atoms with Crippen LogP contribution < -0.4 is 25.0 Å². The highest BCUT2D eigenvalue weighted by Gasteiger charge is 2.35. The van der Waals surface area contributed by atoms with E-state index in [0.29, 0.717) is 37.6 Å². The molecule has 2 aromatic carbocycles. The first-order valence-electron chi connectivity index (χ1n) is 12.1. The van der Waals surface area contributed by atoms with Gasteiger partial charge in [0.15, 0.2) is 0 Å². The maximum atomic E-state index is 13.2. The van der Waals surface area contributed by atoms with Crippen molar-refractivity contribution in [3.63, 3.8) is 0 Å². The highest BCUT2D eigenvalue weighted by Crippen LogP contribution is 2.28. The van der Waals surface area contributed by atoms with Gasteiger partial charge < -0.3 is 29.9 Å². The summed E-state index contributed by atoms with van der Waals surface area (Å²) in [4.78, 5) is 44.5. The van der Waals surface area contributed by atoms with Gasteiger partial charge in [-0.2, -0.15) is 0 Å². The number of rotatable bonds is 8. The van der Waals surface area contributed by atoms with Crippen LogP contribution in [0.3, 0.4) is 0 Å². The lowest BCUT2D eigenvalue weighted by atomic mass is 10.1. The summed E-state index contributed by atoms with van der Waals surface area (Å²) in [5.41, 5.74) is 1.56. The fourth-order valence-corrected chi connectivity index (χ4v) is 4.66. The van der Waals surface area contributed by atoms with E-state index < -0.39 is 6.04 Å². The van der Waals surface area contributed by atoms with Gasteiger partial charge in [-0.25, -0.2) is 0 Å². The molecule has 0 aliphatic carbocycles. The lowest BCUT2D eigenvalue weighted by Crippen LogP contribution is -2.60. The fraction of sp³-hybridized carbons (Fsp3) is 0.423. The molecule has 2 N–H and O–H groups in total. The van der Waals surface area contributed by atoms with Gasteiger partial charge in [-0.15, -0.1) is 0 Å². The second-order valence-corrected chi connectivity index (χ2v) is 8.78. The summed E-state index contributed by atoms with van der Waals surface area (Å²) in [6.45, 7) is 3.90. The van der Waals surface area contributed by atoms with Crippen LogP contribution in [0.15, 0.2) is 48.5 Å². The zero-order chi connectivity index (χ0) is 25.5. The molecule has 3 amide bonds. The van der Waals surface area contributed by atoms with E-state index in [1.54, 1.807) is 31.4 Å². The minimum absolute atomic E-state index is 0.128. The molecule has 2 fully saturated rings. The molecule has 0 bridgehead atoms. The van der Waals surface area contributed by atoms with E-state index in [0.717, 1.165) is 24.5 Å². The van der Waals surface area contributed by atoms with Crippen LogP contribution in [0.2, 0.25) is 0 Å². The van der Waals surface area contributed by atoms with Gasteiger partial charge in [0.05, 0.1) is 38.6 Å². The van der Waals surface area contributed by atoms with Crippen LogP contribution in [-0.4, -0.2) is 93.6 Å². The normalized spacial score (nSPS) is 18.4. The van der Waals surface area contributed by atoms with Crippen molar-refractivity contribution >= 4 is 29.1 Å². The van der Waals surface area contributed by atoms with Crippen molar-refractivity contribution in [3.8, 4) is 11.5 Å². The summed E-state index contributed by atoms with van der Waals surface area (Å²) in [6.07, 6.45) is -0.128. The van der Waals surface area contributed by atoms with Crippen LogP contribution in [0.5, 0.6) is 11.5 Å². The van der Waals surface area contributed by atoms with Gasteiger partial charge in [0.2, 0.25) is 17.7 Å². The number of carbonyl (C=O) groups excluding carboxylic acids is 3. The van der Waals surface area contributed by atoms with E-state index >= 15 is 0 Å². The molecule has 2 aliphatic rings. The van der Waals surface area contributed by atoms with E-state index in [2.05, 4.69) is 20.4 Å². The van der Waals surface area contributed by atoms with Crippen molar-refractivity contribution in [3.05, 3.63) is 48.5 Å². The molecule has 1 unspecified atom stereocenters. The quantitative estimate of drug-likeness (QED) is 0.567. The minimum Gasteiger partial charge on any atom is -0.495 e. The number of nitrogens with zero attached hydrogens (tertiary/aromatic N) is 3. The van der Waals surface area contributed by atoms with Crippen LogP contribution in [0.25, 0.3) is 0 Å².